The van der Waals surface area contributed by atoms with Crippen molar-refractivity contribution in [2.24, 2.45) is 0 Å². The highest BCUT2D eigenvalue weighted by Crippen LogP contribution is 2.43. The maximum atomic E-state index is 10.1. The standard InChI is InChI=1S/C53H34O/c1-2-11-35(12-3-1)39-25-27-51-49(31-39)50-32-40(26-28-52(50)54-51)42-20-10-15-37-23-24-41(33-47(37)42)53-45-18-8-6-16-43(45)48(44-17-7-9-19-46(44)53)30-34-21-22-36-13-4-5-14-38(36)29-34/h1-29,31-33H,30H2/i4D,5D,6D,7D,8D,9D,10D,13D,14D,15D,16D,17D,18D,19D,20D,21D,22D,23D,24D,29D,33D. The second-order valence-corrected chi connectivity index (χ2v) is 12.8. The first kappa shape index (κ1) is 16.4. The summed E-state index contributed by atoms with van der Waals surface area (Å²) in [6.45, 7) is 0. The van der Waals surface area contributed by atoms with Gasteiger partial charge in [0.1, 0.15) is 11.2 Å². The first-order chi connectivity index (χ1) is 35.5. The van der Waals surface area contributed by atoms with Crippen molar-refractivity contribution in [3.63, 3.8) is 0 Å². The SMILES string of the molecule is [2H]c1c([2H])c([2H])c2c([2H])c(Cc3c4c([2H])c([2H])c([2H])c([2H])c4c(-c4c([2H])c([2H])c5c([2H])c([2H])c([2H])c(-c6ccc7oc8ccc(-c9ccccc9)cc8c7c6)c5c4[2H])c4c([2H])c([2H])c([2H])c([2H])c34)c([2H])c([2H])c2c1[2H]. The third-order valence-corrected chi connectivity index (χ3v) is 9.69. The Labute approximate surface area is 342 Å². The Hall–Kier alpha value is -6.96. The average Bonchev–Trinajstić information content (AvgIpc) is 3.80. The van der Waals surface area contributed by atoms with Crippen LogP contribution in [0.2, 0.25) is 0 Å². The van der Waals surface area contributed by atoms with Crippen LogP contribution in [-0.4, -0.2) is 0 Å². The fraction of sp³-hybridized carbons (Fsp3) is 0.0189. The molecule has 0 amide bonds. The Morgan fingerprint density at radius 2 is 1.04 bits per heavy atom. The third-order valence-electron chi connectivity index (χ3n) is 9.69. The highest BCUT2D eigenvalue weighted by atomic mass is 16.3. The van der Waals surface area contributed by atoms with Gasteiger partial charge in [-0.15, -0.1) is 0 Å². The van der Waals surface area contributed by atoms with Crippen LogP contribution in [0, 0.1) is 0 Å². The van der Waals surface area contributed by atoms with E-state index in [0.29, 0.717) is 21.9 Å². The first-order valence-corrected chi connectivity index (χ1v) is 17.0. The lowest BCUT2D eigenvalue weighted by Crippen LogP contribution is -1.96. The summed E-state index contributed by atoms with van der Waals surface area (Å²) in [5.74, 6) is 0. The van der Waals surface area contributed by atoms with E-state index >= 15 is 0 Å². The van der Waals surface area contributed by atoms with Crippen molar-refractivity contribution in [3.05, 3.63) is 205 Å². The molecule has 0 fully saturated rings. The monoisotopic (exact) mass is 707 g/mol. The van der Waals surface area contributed by atoms with E-state index in [-0.39, 0.29) is 27.5 Å². The van der Waals surface area contributed by atoms with Gasteiger partial charge in [0.2, 0.25) is 0 Å². The molecule has 11 rings (SSSR count). The summed E-state index contributed by atoms with van der Waals surface area (Å²) in [6.07, 6.45) is -0.776. The summed E-state index contributed by atoms with van der Waals surface area (Å²) in [6, 6.07) is 4.55. The van der Waals surface area contributed by atoms with Crippen LogP contribution in [0.3, 0.4) is 0 Å². The van der Waals surface area contributed by atoms with Gasteiger partial charge in [0, 0.05) is 10.8 Å². The number of hydrogen-bond donors (Lipinski definition) is 0. The minimum absolute atomic E-state index is 0.123. The van der Waals surface area contributed by atoms with E-state index in [4.69, 9.17) is 20.9 Å². The molecule has 1 heterocycles. The number of furan rings is 1. The number of rotatable bonds is 5. The third kappa shape index (κ3) is 5.01. The minimum atomic E-state index is -0.847. The predicted octanol–water partition coefficient (Wildman–Crippen LogP) is 14.8. The quantitative estimate of drug-likeness (QED) is 0.162. The molecule has 0 atom stereocenters. The van der Waals surface area contributed by atoms with Crippen molar-refractivity contribution in [1.29, 1.82) is 0 Å². The number of fused-ring (bicyclic) bond motifs is 7. The molecule has 0 aliphatic carbocycles. The topological polar surface area (TPSA) is 13.1 Å². The molecular weight excluding hydrogens is 653 g/mol. The van der Waals surface area contributed by atoms with Crippen LogP contribution in [0.1, 0.15) is 39.9 Å². The van der Waals surface area contributed by atoms with E-state index in [1.807, 2.05) is 48.5 Å². The van der Waals surface area contributed by atoms with Crippen LogP contribution in [0.15, 0.2) is 198 Å². The van der Waals surface area contributed by atoms with Crippen LogP contribution < -0.4 is 0 Å². The molecule has 1 nitrogen and oxygen atoms in total. The Balaban J connectivity index is 1.29. The van der Waals surface area contributed by atoms with Gasteiger partial charge in [-0.25, -0.2) is 0 Å². The molecular formula is C53H34O. The maximum Gasteiger partial charge on any atom is 0.135 e. The van der Waals surface area contributed by atoms with Crippen molar-refractivity contribution >= 4 is 65.0 Å². The van der Waals surface area contributed by atoms with Crippen molar-refractivity contribution in [2.75, 3.05) is 0 Å². The molecule has 1 heteroatoms. The normalized spacial score (nSPS) is 17.2. The molecule has 252 valence electrons. The molecule has 0 aliphatic rings. The lowest BCUT2D eigenvalue weighted by molar-refractivity contribution is 0.669. The molecule has 0 N–H and O–H groups in total. The van der Waals surface area contributed by atoms with E-state index in [0.717, 1.165) is 11.1 Å². The minimum Gasteiger partial charge on any atom is -0.456 e. The number of benzene rings is 10. The Bertz CT molecular complexity index is 4370. The van der Waals surface area contributed by atoms with Gasteiger partial charge in [0.25, 0.3) is 0 Å². The lowest BCUT2D eigenvalue weighted by Gasteiger charge is -2.18. The van der Waals surface area contributed by atoms with Crippen LogP contribution in [-0.2, 0) is 6.42 Å². The zero-order chi connectivity index (χ0) is 53.9. The Kier molecular flexibility index (Phi) is 3.74. The van der Waals surface area contributed by atoms with Crippen LogP contribution in [0.25, 0.3) is 98.4 Å². The smallest absolute Gasteiger partial charge is 0.135 e. The van der Waals surface area contributed by atoms with E-state index < -0.39 is 182 Å². The molecule has 1 aromatic heterocycles. The van der Waals surface area contributed by atoms with Gasteiger partial charge in [-0.1, -0.05) is 163 Å². The molecule has 0 aliphatic heterocycles. The first-order valence-electron chi connectivity index (χ1n) is 27.5. The van der Waals surface area contributed by atoms with Crippen molar-refractivity contribution in [3.8, 4) is 33.4 Å². The molecule has 0 saturated carbocycles. The fourth-order valence-electron chi connectivity index (χ4n) is 7.21. The molecule has 0 saturated heterocycles. The summed E-state index contributed by atoms with van der Waals surface area (Å²) in [5.41, 5.74) is 1.07. The van der Waals surface area contributed by atoms with Crippen molar-refractivity contribution in [1.82, 2.24) is 0 Å². The molecule has 0 spiro atoms. The van der Waals surface area contributed by atoms with Gasteiger partial charge in [-0.2, -0.15) is 0 Å². The van der Waals surface area contributed by atoms with Gasteiger partial charge in [0.05, 0.1) is 28.8 Å². The highest BCUT2D eigenvalue weighted by Gasteiger charge is 2.17. The molecule has 54 heavy (non-hydrogen) atoms. The van der Waals surface area contributed by atoms with Gasteiger partial charge < -0.3 is 4.42 Å². The zero-order valence-electron chi connectivity index (χ0n) is 49.0. The predicted molar refractivity (Wildman–Crippen MR) is 229 cm³/mol. The summed E-state index contributed by atoms with van der Waals surface area (Å²) in [7, 11) is 0. The lowest BCUT2D eigenvalue weighted by atomic mass is 9.85. The summed E-state index contributed by atoms with van der Waals surface area (Å²) >= 11 is 0. The second kappa shape index (κ2) is 12.3. The van der Waals surface area contributed by atoms with Crippen LogP contribution in [0.4, 0.5) is 0 Å². The van der Waals surface area contributed by atoms with Gasteiger partial charge >= 0.3 is 0 Å². The summed E-state index contributed by atoms with van der Waals surface area (Å²) < 4.78 is 198. The van der Waals surface area contributed by atoms with Gasteiger partial charge in [-0.3, -0.25) is 0 Å². The largest absolute Gasteiger partial charge is 0.456 e. The maximum absolute atomic E-state index is 10.1. The molecule has 10 aromatic carbocycles. The van der Waals surface area contributed by atoms with Gasteiger partial charge in [-0.05, 0) is 124 Å². The zero-order valence-corrected chi connectivity index (χ0v) is 28.0. The second-order valence-electron chi connectivity index (χ2n) is 12.8. The highest BCUT2D eigenvalue weighted by molar-refractivity contribution is 6.16. The molecule has 11 aromatic rings. The van der Waals surface area contributed by atoms with Crippen LogP contribution in [0.5, 0.6) is 0 Å². The van der Waals surface area contributed by atoms with E-state index in [1.54, 1.807) is 18.2 Å². The fourth-order valence-corrected chi connectivity index (χ4v) is 7.21. The molecule has 0 bridgehead atoms. The average molecular weight is 708 g/mol. The Morgan fingerprint density at radius 3 is 1.80 bits per heavy atom. The van der Waals surface area contributed by atoms with E-state index in [2.05, 4.69) is 0 Å². The van der Waals surface area contributed by atoms with Gasteiger partial charge in [0.15, 0.2) is 0 Å². The van der Waals surface area contributed by atoms with E-state index in [1.165, 1.54) is 0 Å². The molecule has 0 radical (unpaired) electrons. The Morgan fingerprint density at radius 1 is 0.407 bits per heavy atom. The van der Waals surface area contributed by atoms with Crippen LogP contribution >= 0.6 is 0 Å². The molecule has 0 unspecified atom stereocenters. The summed E-state index contributed by atoms with van der Waals surface area (Å²) in [4.78, 5) is 0. The van der Waals surface area contributed by atoms with E-state index in [9.17, 15) is 12.3 Å². The van der Waals surface area contributed by atoms with Crippen molar-refractivity contribution < 1.29 is 33.2 Å². The van der Waals surface area contributed by atoms with Crippen molar-refractivity contribution in [2.45, 2.75) is 6.42 Å². The summed E-state index contributed by atoms with van der Waals surface area (Å²) in [5, 5.41) is -2.19. The number of hydrogen-bond acceptors (Lipinski definition) is 1.